The van der Waals surface area contributed by atoms with Gasteiger partial charge in [0, 0.05) is 5.92 Å². The Balaban J connectivity index is 2.53. The average molecular weight is 211 g/mol. The number of nitrogens with two attached hydrogens (primary N) is 1. The summed E-state index contributed by atoms with van der Waals surface area (Å²) in [5, 5.41) is 0. The molecule has 0 saturated carbocycles. The number of hydrogen-bond donors (Lipinski definition) is 1. The first-order chi connectivity index (χ1) is 7.09. The van der Waals surface area contributed by atoms with E-state index in [9.17, 15) is 9.59 Å². The van der Waals surface area contributed by atoms with Crippen molar-refractivity contribution in [3.8, 4) is 0 Å². The molecule has 0 aromatic carbocycles. The maximum atomic E-state index is 11.2. The predicted octanol–water partition coefficient (Wildman–Crippen LogP) is 1.79. The topological polar surface area (TPSA) is 69.4 Å². The molecule has 0 heterocycles. The number of amides is 1. The summed E-state index contributed by atoms with van der Waals surface area (Å²) < 4.78 is 4.90. The van der Waals surface area contributed by atoms with Crippen LogP contribution in [0.3, 0.4) is 0 Å². The van der Waals surface area contributed by atoms with Crippen LogP contribution in [0, 0.1) is 5.92 Å². The monoisotopic (exact) mass is 211 g/mol. The largest absolute Gasteiger partial charge is 0.442 e. The van der Waals surface area contributed by atoms with Gasteiger partial charge < -0.3 is 10.5 Å². The van der Waals surface area contributed by atoms with Crippen LogP contribution in [0.25, 0.3) is 0 Å². The van der Waals surface area contributed by atoms with Gasteiger partial charge in [-0.25, -0.2) is 4.79 Å². The molecule has 4 heteroatoms. The highest BCUT2D eigenvalue weighted by Gasteiger charge is 2.18. The predicted molar refractivity (Wildman–Crippen MR) is 56.2 cm³/mol. The molecule has 2 atom stereocenters. The molecule has 0 fully saturated rings. The molecule has 1 aliphatic carbocycles. The zero-order valence-corrected chi connectivity index (χ0v) is 8.94. The Morgan fingerprint density at radius 2 is 2.07 bits per heavy atom. The van der Waals surface area contributed by atoms with Gasteiger partial charge in [0.25, 0.3) is 0 Å². The first-order valence-corrected chi connectivity index (χ1v) is 5.23. The molecule has 2 unspecified atom stereocenters. The Kier molecular flexibility index (Phi) is 4.34. The molecule has 0 saturated heterocycles. The molecule has 0 aromatic rings. The van der Waals surface area contributed by atoms with Crippen LogP contribution in [0.2, 0.25) is 0 Å². The van der Waals surface area contributed by atoms with E-state index in [0.717, 1.165) is 19.3 Å². The van der Waals surface area contributed by atoms with Crippen LogP contribution in [0.1, 0.15) is 32.6 Å². The number of primary amides is 1. The van der Waals surface area contributed by atoms with Gasteiger partial charge >= 0.3 is 6.09 Å². The Labute approximate surface area is 89.5 Å². The molecule has 1 amide bonds. The number of carbonyl (C=O) groups excluding carboxylic acids is 2. The molecule has 4 nitrogen and oxygen atoms in total. The van der Waals surface area contributed by atoms with Crippen molar-refractivity contribution >= 4 is 11.9 Å². The van der Waals surface area contributed by atoms with Gasteiger partial charge in [-0.15, -0.1) is 0 Å². The van der Waals surface area contributed by atoms with Crippen LogP contribution in [0.5, 0.6) is 0 Å². The van der Waals surface area contributed by atoms with Crippen molar-refractivity contribution in [2.24, 2.45) is 11.7 Å². The molecule has 0 aliphatic heterocycles. The van der Waals surface area contributed by atoms with Crippen molar-refractivity contribution < 1.29 is 14.3 Å². The first-order valence-electron chi connectivity index (χ1n) is 5.23. The van der Waals surface area contributed by atoms with Gasteiger partial charge in [0.2, 0.25) is 0 Å². The van der Waals surface area contributed by atoms with Gasteiger partial charge in [-0.05, 0) is 38.7 Å². The molecule has 0 radical (unpaired) electrons. The van der Waals surface area contributed by atoms with Crippen LogP contribution < -0.4 is 5.73 Å². The Morgan fingerprint density at radius 3 is 2.67 bits per heavy atom. The smallest absolute Gasteiger partial charge is 0.405 e. The Morgan fingerprint density at radius 1 is 1.33 bits per heavy atom. The zero-order valence-electron chi connectivity index (χ0n) is 8.94. The van der Waals surface area contributed by atoms with Crippen LogP contribution in [-0.2, 0) is 9.53 Å². The van der Waals surface area contributed by atoms with E-state index in [-0.39, 0.29) is 17.8 Å². The van der Waals surface area contributed by atoms with E-state index in [1.165, 1.54) is 0 Å². The number of rotatable bonds is 2. The van der Waals surface area contributed by atoms with E-state index in [0.29, 0.717) is 6.42 Å². The average Bonchev–Trinajstić information content (AvgIpc) is 2.08. The molecule has 1 rings (SSSR count). The number of ether oxygens (including phenoxy) is 1. The second kappa shape index (κ2) is 5.53. The molecule has 0 bridgehead atoms. The van der Waals surface area contributed by atoms with Crippen molar-refractivity contribution in [2.75, 3.05) is 0 Å². The van der Waals surface area contributed by atoms with Crippen LogP contribution in [0.15, 0.2) is 12.2 Å². The van der Waals surface area contributed by atoms with Crippen molar-refractivity contribution in [2.45, 2.75) is 38.7 Å². The number of Topliss-reactive ketones (excluding diaryl/α,β-unsaturated/α-hetero) is 1. The fourth-order valence-electron chi connectivity index (χ4n) is 1.81. The molecule has 1 aliphatic rings. The van der Waals surface area contributed by atoms with Crippen LogP contribution in [0.4, 0.5) is 4.79 Å². The van der Waals surface area contributed by atoms with Crippen LogP contribution in [-0.4, -0.2) is 18.0 Å². The normalized spacial score (nSPS) is 26.5. The lowest BCUT2D eigenvalue weighted by Gasteiger charge is -2.19. The molecule has 0 aromatic heterocycles. The highest BCUT2D eigenvalue weighted by atomic mass is 16.6. The maximum Gasteiger partial charge on any atom is 0.405 e. The summed E-state index contributed by atoms with van der Waals surface area (Å²) in [7, 11) is 0. The molecule has 15 heavy (non-hydrogen) atoms. The minimum atomic E-state index is -0.760. The van der Waals surface area contributed by atoms with Gasteiger partial charge in [0.1, 0.15) is 11.9 Å². The molecular formula is C11H17NO3. The lowest BCUT2D eigenvalue weighted by atomic mass is 9.90. The van der Waals surface area contributed by atoms with Crippen LogP contribution >= 0.6 is 0 Å². The molecule has 0 spiro atoms. The summed E-state index contributed by atoms with van der Waals surface area (Å²) >= 11 is 0. The standard InChI is InChI=1S/C11H17NO3/c1-8(13)9-4-2-3-5-10(7-6-9)15-11(12)14/h3,5,9-10H,2,4,6-7H2,1H3,(H2,12,14). The third-order valence-electron chi connectivity index (χ3n) is 2.67. The number of allylic oxidation sites excluding steroid dienone is 1. The third-order valence-corrected chi connectivity index (χ3v) is 2.67. The van der Waals surface area contributed by atoms with Crippen molar-refractivity contribution in [3.05, 3.63) is 12.2 Å². The lowest BCUT2D eigenvalue weighted by Crippen LogP contribution is -2.23. The summed E-state index contributed by atoms with van der Waals surface area (Å²) in [6, 6.07) is 0. The quantitative estimate of drug-likeness (QED) is 0.708. The maximum absolute atomic E-state index is 11.2. The van der Waals surface area contributed by atoms with E-state index in [1.54, 1.807) is 6.92 Å². The van der Waals surface area contributed by atoms with Crippen molar-refractivity contribution in [3.63, 3.8) is 0 Å². The minimum absolute atomic E-state index is 0.0916. The molecular weight excluding hydrogens is 194 g/mol. The molecule has 84 valence electrons. The highest BCUT2D eigenvalue weighted by Crippen LogP contribution is 2.21. The van der Waals surface area contributed by atoms with Gasteiger partial charge in [-0.1, -0.05) is 6.08 Å². The lowest BCUT2D eigenvalue weighted by molar-refractivity contribution is -0.121. The Bertz CT molecular complexity index is 273. The third kappa shape index (κ3) is 4.14. The first kappa shape index (κ1) is 11.8. The SMILES string of the molecule is CC(=O)C1CCC=CC(OC(N)=O)CC1. The summed E-state index contributed by atoms with van der Waals surface area (Å²) in [6.07, 6.45) is 5.93. The number of hydrogen-bond acceptors (Lipinski definition) is 3. The molecule has 2 N–H and O–H groups in total. The van der Waals surface area contributed by atoms with E-state index < -0.39 is 6.09 Å². The van der Waals surface area contributed by atoms with Gasteiger partial charge in [-0.2, -0.15) is 0 Å². The summed E-state index contributed by atoms with van der Waals surface area (Å²) in [4.78, 5) is 21.8. The van der Waals surface area contributed by atoms with Crippen molar-refractivity contribution in [1.29, 1.82) is 0 Å². The summed E-state index contributed by atoms with van der Waals surface area (Å²) in [6.45, 7) is 1.61. The zero-order chi connectivity index (χ0) is 11.3. The minimum Gasteiger partial charge on any atom is -0.442 e. The summed E-state index contributed by atoms with van der Waals surface area (Å²) in [5.41, 5.74) is 4.95. The second-order valence-corrected chi connectivity index (χ2v) is 3.87. The van der Waals surface area contributed by atoms with E-state index in [1.807, 2.05) is 12.2 Å². The van der Waals surface area contributed by atoms with E-state index in [4.69, 9.17) is 10.5 Å². The van der Waals surface area contributed by atoms with Gasteiger partial charge in [0.05, 0.1) is 0 Å². The van der Waals surface area contributed by atoms with Gasteiger partial charge in [-0.3, -0.25) is 4.79 Å². The fourth-order valence-corrected chi connectivity index (χ4v) is 1.81. The van der Waals surface area contributed by atoms with E-state index in [2.05, 4.69) is 0 Å². The number of ketones is 1. The van der Waals surface area contributed by atoms with E-state index >= 15 is 0 Å². The second-order valence-electron chi connectivity index (χ2n) is 3.87. The van der Waals surface area contributed by atoms with Gasteiger partial charge in [0.15, 0.2) is 0 Å². The Hall–Kier alpha value is -1.32. The fraction of sp³-hybridized carbons (Fsp3) is 0.636. The van der Waals surface area contributed by atoms with Crippen molar-refractivity contribution in [1.82, 2.24) is 0 Å². The number of carbonyl (C=O) groups is 2. The highest BCUT2D eigenvalue weighted by molar-refractivity contribution is 5.78. The summed E-state index contributed by atoms with van der Waals surface area (Å²) in [5.74, 6) is 0.303.